The molecule has 0 heterocycles. The van der Waals surface area contributed by atoms with E-state index >= 15 is 0 Å². The smallest absolute Gasteiger partial charge is 0.156 e. The quantitative estimate of drug-likeness (QED) is 0.796. The Labute approximate surface area is 111 Å². The van der Waals surface area contributed by atoms with E-state index in [1.54, 1.807) is 12.1 Å². The van der Waals surface area contributed by atoms with Gasteiger partial charge in [0.2, 0.25) is 0 Å². The maximum atomic E-state index is 5.96. The Morgan fingerprint density at radius 3 is 2.31 bits per heavy atom. The molecule has 0 aliphatic rings. The van der Waals surface area contributed by atoms with Crippen molar-refractivity contribution in [2.75, 3.05) is 19.7 Å². The van der Waals surface area contributed by atoms with Crippen molar-refractivity contribution in [3.05, 3.63) is 27.2 Å². The highest BCUT2D eigenvalue weighted by Gasteiger charge is 2.08. The van der Waals surface area contributed by atoms with Gasteiger partial charge in [0.1, 0.15) is 6.61 Å². The molecule has 0 fully saturated rings. The standard InChI is InChI=1S/C11H14Cl3NO/c1-2-3-15-4-5-16-11-9(13)6-8(12)7-10(11)14/h6-7,15H,2-5H2,1H3. The van der Waals surface area contributed by atoms with Crippen LogP contribution in [0.5, 0.6) is 5.75 Å². The number of benzene rings is 1. The number of halogens is 3. The summed E-state index contributed by atoms with van der Waals surface area (Å²) in [4.78, 5) is 0. The lowest BCUT2D eigenvalue weighted by Gasteiger charge is -2.10. The number of rotatable bonds is 6. The molecular weight excluding hydrogens is 268 g/mol. The summed E-state index contributed by atoms with van der Waals surface area (Å²) >= 11 is 17.7. The molecule has 0 spiro atoms. The highest BCUT2D eigenvalue weighted by molar-refractivity contribution is 6.40. The van der Waals surface area contributed by atoms with Gasteiger partial charge in [-0.1, -0.05) is 41.7 Å². The summed E-state index contributed by atoms with van der Waals surface area (Å²) in [6.45, 7) is 4.39. The van der Waals surface area contributed by atoms with Crippen LogP contribution in [-0.2, 0) is 0 Å². The van der Waals surface area contributed by atoms with Crippen molar-refractivity contribution >= 4 is 34.8 Å². The van der Waals surface area contributed by atoms with Gasteiger partial charge < -0.3 is 10.1 Å². The third-order valence-electron chi connectivity index (χ3n) is 1.92. The first kappa shape index (κ1) is 13.9. The average Bonchev–Trinajstić information content (AvgIpc) is 2.20. The molecule has 1 N–H and O–H groups in total. The van der Waals surface area contributed by atoms with Crippen LogP contribution >= 0.6 is 34.8 Å². The van der Waals surface area contributed by atoms with Gasteiger partial charge in [0.15, 0.2) is 5.75 Å². The molecule has 0 unspecified atom stereocenters. The van der Waals surface area contributed by atoms with Gasteiger partial charge in [-0.2, -0.15) is 0 Å². The lowest BCUT2D eigenvalue weighted by atomic mass is 10.3. The first-order valence-electron chi connectivity index (χ1n) is 5.13. The zero-order chi connectivity index (χ0) is 12.0. The molecule has 5 heteroatoms. The van der Waals surface area contributed by atoms with Crippen molar-refractivity contribution in [2.24, 2.45) is 0 Å². The molecule has 0 aliphatic heterocycles. The van der Waals surface area contributed by atoms with E-state index in [1.807, 2.05) is 0 Å². The van der Waals surface area contributed by atoms with Crippen LogP contribution in [-0.4, -0.2) is 19.7 Å². The number of hydrogen-bond acceptors (Lipinski definition) is 2. The van der Waals surface area contributed by atoms with Gasteiger partial charge in [-0.3, -0.25) is 0 Å². The summed E-state index contributed by atoms with van der Waals surface area (Å²) in [7, 11) is 0. The van der Waals surface area contributed by atoms with E-state index in [2.05, 4.69) is 12.2 Å². The predicted octanol–water partition coefficient (Wildman–Crippen LogP) is 4.03. The molecule has 0 amide bonds. The van der Waals surface area contributed by atoms with E-state index in [1.165, 1.54) is 0 Å². The second-order valence-electron chi connectivity index (χ2n) is 3.30. The Morgan fingerprint density at radius 2 is 1.75 bits per heavy atom. The zero-order valence-corrected chi connectivity index (χ0v) is 11.3. The van der Waals surface area contributed by atoms with E-state index in [0.29, 0.717) is 27.4 Å². The summed E-state index contributed by atoms with van der Waals surface area (Å²) < 4.78 is 5.48. The molecule has 0 atom stereocenters. The molecule has 1 aromatic carbocycles. The minimum absolute atomic E-state index is 0.438. The minimum atomic E-state index is 0.438. The van der Waals surface area contributed by atoms with Crippen LogP contribution < -0.4 is 10.1 Å². The van der Waals surface area contributed by atoms with E-state index in [0.717, 1.165) is 19.5 Å². The Kier molecular flexibility index (Phi) is 6.29. The Morgan fingerprint density at radius 1 is 1.12 bits per heavy atom. The third kappa shape index (κ3) is 4.38. The van der Waals surface area contributed by atoms with E-state index < -0.39 is 0 Å². The lowest BCUT2D eigenvalue weighted by molar-refractivity contribution is 0.314. The molecule has 0 bridgehead atoms. The summed E-state index contributed by atoms with van der Waals surface area (Å²) in [5, 5.41) is 4.60. The van der Waals surface area contributed by atoms with Crippen molar-refractivity contribution in [1.29, 1.82) is 0 Å². The van der Waals surface area contributed by atoms with Crippen LogP contribution in [0.4, 0.5) is 0 Å². The topological polar surface area (TPSA) is 21.3 Å². The van der Waals surface area contributed by atoms with Crippen molar-refractivity contribution in [1.82, 2.24) is 5.32 Å². The molecule has 90 valence electrons. The maximum Gasteiger partial charge on any atom is 0.156 e. The second kappa shape index (κ2) is 7.23. The summed E-state index contributed by atoms with van der Waals surface area (Å²) in [6, 6.07) is 3.23. The molecule has 0 radical (unpaired) electrons. The van der Waals surface area contributed by atoms with Crippen molar-refractivity contribution in [3.63, 3.8) is 0 Å². The van der Waals surface area contributed by atoms with Gasteiger partial charge in [-0.05, 0) is 25.1 Å². The van der Waals surface area contributed by atoms with Crippen LogP contribution in [0.2, 0.25) is 15.1 Å². The molecule has 2 nitrogen and oxygen atoms in total. The molecule has 0 aromatic heterocycles. The summed E-state index contributed by atoms with van der Waals surface area (Å²) in [5.41, 5.74) is 0. The maximum absolute atomic E-state index is 5.96. The fourth-order valence-electron chi connectivity index (χ4n) is 1.19. The minimum Gasteiger partial charge on any atom is -0.489 e. The fourth-order valence-corrected chi connectivity index (χ4v) is 2.12. The Hall–Kier alpha value is -0.150. The van der Waals surface area contributed by atoms with Gasteiger partial charge in [-0.25, -0.2) is 0 Å². The van der Waals surface area contributed by atoms with Crippen LogP contribution in [0.3, 0.4) is 0 Å². The second-order valence-corrected chi connectivity index (χ2v) is 4.55. The SMILES string of the molecule is CCCNCCOc1c(Cl)cc(Cl)cc1Cl. The van der Waals surface area contributed by atoms with Crippen molar-refractivity contribution in [2.45, 2.75) is 13.3 Å². The summed E-state index contributed by atoms with van der Waals surface area (Å²) in [6.07, 6.45) is 1.10. The predicted molar refractivity (Wildman–Crippen MR) is 70.1 cm³/mol. The van der Waals surface area contributed by atoms with Crippen molar-refractivity contribution in [3.8, 4) is 5.75 Å². The van der Waals surface area contributed by atoms with E-state index in [9.17, 15) is 0 Å². The van der Waals surface area contributed by atoms with Crippen LogP contribution in [0.1, 0.15) is 13.3 Å². The highest BCUT2D eigenvalue weighted by atomic mass is 35.5. The fraction of sp³-hybridized carbons (Fsp3) is 0.455. The number of nitrogens with one attached hydrogen (secondary N) is 1. The normalized spacial score (nSPS) is 10.5. The van der Waals surface area contributed by atoms with Gasteiger partial charge >= 0.3 is 0 Å². The first-order chi connectivity index (χ1) is 7.65. The zero-order valence-electron chi connectivity index (χ0n) is 9.03. The van der Waals surface area contributed by atoms with Gasteiger partial charge in [-0.15, -0.1) is 0 Å². The number of hydrogen-bond donors (Lipinski definition) is 1. The summed E-state index contributed by atoms with van der Waals surface area (Å²) in [5.74, 6) is 0.492. The first-order valence-corrected chi connectivity index (χ1v) is 6.26. The third-order valence-corrected chi connectivity index (χ3v) is 2.69. The molecule has 0 aliphatic carbocycles. The molecule has 0 saturated carbocycles. The van der Waals surface area contributed by atoms with Crippen LogP contribution in [0.15, 0.2) is 12.1 Å². The Balaban J connectivity index is 2.47. The van der Waals surface area contributed by atoms with Gasteiger partial charge in [0, 0.05) is 11.6 Å². The van der Waals surface area contributed by atoms with E-state index in [4.69, 9.17) is 39.5 Å². The van der Waals surface area contributed by atoms with E-state index in [-0.39, 0.29) is 0 Å². The Bertz CT molecular complexity index is 321. The van der Waals surface area contributed by atoms with Crippen LogP contribution in [0.25, 0.3) is 0 Å². The van der Waals surface area contributed by atoms with Crippen molar-refractivity contribution < 1.29 is 4.74 Å². The molecular formula is C11H14Cl3NO. The van der Waals surface area contributed by atoms with Crippen LogP contribution in [0, 0.1) is 0 Å². The highest BCUT2D eigenvalue weighted by Crippen LogP contribution is 2.35. The lowest BCUT2D eigenvalue weighted by Crippen LogP contribution is -2.21. The monoisotopic (exact) mass is 281 g/mol. The largest absolute Gasteiger partial charge is 0.489 e. The van der Waals surface area contributed by atoms with Gasteiger partial charge in [0.25, 0.3) is 0 Å². The number of ether oxygens (including phenoxy) is 1. The molecule has 16 heavy (non-hydrogen) atoms. The molecule has 1 rings (SSSR count). The average molecular weight is 283 g/mol. The van der Waals surface area contributed by atoms with Gasteiger partial charge in [0.05, 0.1) is 10.0 Å². The molecule has 1 aromatic rings. The molecule has 0 saturated heterocycles.